The van der Waals surface area contributed by atoms with E-state index in [1.807, 2.05) is 11.1 Å². The van der Waals surface area contributed by atoms with E-state index in [0.717, 1.165) is 50.1 Å². The van der Waals surface area contributed by atoms with Gasteiger partial charge in [-0.25, -0.2) is 4.98 Å². The number of hydrogen-bond donors (Lipinski definition) is 0. The summed E-state index contributed by atoms with van der Waals surface area (Å²) < 4.78 is 5.98. The van der Waals surface area contributed by atoms with Crippen LogP contribution < -0.4 is 4.90 Å². The minimum atomic E-state index is -0.545. The van der Waals surface area contributed by atoms with Gasteiger partial charge in [-0.1, -0.05) is 27.7 Å². The Morgan fingerprint density at radius 1 is 1.07 bits per heavy atom. The predicted molar refractivity (Wildman–Crippen MR) is 108 cm³/mol. The molecular weight excluding hydrogens is 336 g/mol. The van der Waals surface area contributed by atoms with Gasteiger partial charge in [0.25, 0.3) is 0 Å². The molecule has 1 saturated carbocycles. The molecule has 148 valence electrons. The summed E-state index contributed by atoms with van der Waals surface area (Å²) >= 11 is 0. The van der Waals surface area contributed by atoms with E-state index in [0.29, 0.717) is 5.92 Å². The van der Waals surface area contributed by atoms with E-state index in [4.69, 9.17) is 9.72 Å². The molecule has 27 heavy (non-hydrogen) atoms. The second-order valence-corrected chi connectivity index (χ2v) is 10.6. The van der Waals surface area contributed by atoms with Crippen LogP contribution >= 0.6 is 0 Å². The van der Waals surface area contributed by atoms with Crippen LogP contribution in [-0.2, 0) is 14.9 Å². The average Bonchev–Trinajstić information content (AvgIpc) is 2.95. The van der Waals surface area contributed by atoms with Crippen LogP contribution in [0.4, 0.5) is 5.82 Å². The molecule has 2 fully saturated rings. The summed E-state index contributed by atoms with van der Waals surface area (Å²) in [7, 11) is 0. The van der Waals surface area contributed by atoms with Crippen molar-refractivity contribution in [1.82, 2.24) is 4.98 Å². The van der Waals surface area contributed by atoms with Gasteiger partial charge in [-0.05, 0) is 74.3 Å². The molecule has 3 aliphatic rings. The van der Waals surface area contributed by atoms with Crippen molar-refractivity contribution in [2.24, 2.45) is 10.8 Å². The highest BCUT2D eigenvalue weighted by Crippen LogP contribution is 2.59. The van der Waals surface area contributed by atoms with Gasteiger partial charge in [-0.2, -0.15) is 0 Å². The van der Waals surface area contributed by atoms with Crippen molar-refractivity contribution in [1.29, 1.82) is 0 Å². The maximum absolute atomic E-state index is 13.4. The van der Waals surface area contributed by atoms with Gasteiger partial charge in [0.2, 0.25) is 5.91 Å². The Bertz CT molecular complexity index is 744. The second kappa shape index (κ2) is 6.04. The first-order valence-corrected chi connectivity index (χ1v) is 10.5. The number of pyridine rings is 1. The number of carbonyl (C=O) groups is 1. The predicted octanol–water partition coefficient (Wildman–Crippen LogP) is 5.16. The summed E-state index contributed by atoms with van der Waals surface area (Å²) in [4.78, 5) is 20.0. The van der Waals surface area contributed by atoms with Crippen LogP contribution in [0.3, 0.4) is 0 Å². The van der Waals surface area contributed by atoms with Gasteiger partial charge < -0.3 is 4.74 Å². The number of ether oxygens (including phenoxy) is 1. The van der Waals surface area contributed by atoms with E-state index in [2.05, 4.69) is 47.6 Å². The molecule has 1 unspecified atom stereocenters. The number of carbonyl (C=O) groups excluding carboxylic acids is 1. The zero-order valence-corrected chi connectivity index (χ0v) is 17.8. The topological polar surface area (TPSA) is 42.4 Å². The number of hydrogen-bond acceptors (Lipinski definition) is 3. The SMILES string of the molecule is CC1(C)C(=O)N(C2CCCCO2)c2nccc(C3CC(C)(C)C(C)(C)C3)c21. The molecule has 4 rings (SSSR count). The highest BCUT2D eigenvalue weighted by atomic mass is 16.5. The van der Waals surface area contributed by atoms with Crippen LogP contribution in [0, 0.1) is 10.8 Å². The first-order valence-electron chi connectivity index (χ1n) is 10.5. The van der Waals surface area contributed by atoms with Gasteiger partial charge in [-0.15, -0.1) is 0 Å². The Morgan fingerprint density at radius 2 is 1.74 bits per heavy atom. The van der Waals surface area contributed by atoms with Crippen LogP contribution in [0.1, 0.15) is 90.7 Å². The molecule has 0 N–H and O–H groups in total. The molecule has 1 aromatic heterocycles. The molecule has 1 amide bonds. The first-order chi connectivity index (χ1) is 12.6. The lowest BCUT2D eigenvalue weighted by Crippen LogP contribution is -2.45. The Hall–Kier alpha value is -1.42. The minimum absolute atomic E-state index is 0.140. The Labute approximate surface area is 163 Å². The number of anilines is 1. The zero-order valence-electron chi connectivity index (χ0n) is 17.8. The monoisotopic (exact) mass is 370 g/mol. The van der Waals surface area contributed by atoms with Crippen molar-refractivity contribution >= 4 is 11.7 Å². The summed E-state index contributed by atoms with van der Waals surface area (Å²) in [6.07, 6.45) is 7.13. The fraction of sp³-hybridized carbons (Fsp3) is 0.739. The number of amides is 1. The third-order valence-corrected chi connectivity index (χ3v) is 7.80. The maximum atomic E-state index is 13.4. The van der Waals surface area contributed by atoms with Gasteiger partial charge in [0.15, 0.2) is 0 Å². The first kappa shape index (κ1) is 18.9. The van der Waals surface area contributed by atoms with E-state index in [9.17, 15) is 4.79 Å². The van der Waals surface area contributed by atoms with Gasteiger partial charge in [-0.3, -0.25) is 9.69 Å². The molecule has 1 atom stereocenters. The fourth-order valence-electron chi connectivity index (χ4n) is 5.40. The lowest BCUT2D eigenvalue weighted by molar-refractivity contribution is -0.125. The van der Waals surface area contributed by atoms with Gasteiger partial charge in [0.1, 0.15) is 12.0 Å². The van der Waals surface area contributed by atoms with Gasteiger partial charge in [0, 0.05) is 18.4 Å². The third-order valence-electron chi connectivity index (χ3n) is 7.80. The Kier molecular flexibility index (Phi) is 4.23. The van der Waals surface area contributed by atoms with E-state index in [1.165, 1.54) is 5.56 Å². The van der Waals surface area contributed by atoms with Crippen LogP contribution in [0.5, 0.6) is 0 Å². The van der Waals surface area contributed by atoms with E-state index in [-0.39, 0.29) is 23.0 Å². The normalized spacial score (nSPS) is 29.2. The van der Waals surface area contributed by atoms with Crippen molar-refractivity contribution < 1.29 is 9.53 Å². The zero-order chi connectivity index (χ0) is 19.6. The minimum Gasteiger partial charge on any atom is -0.358 e. The van der Waals surface area contributed by atoms with Crippen LogP contribution in [0.25, 0.3) is 0 Å². The Balaban J connectivity index is 1.78. The van der Waals surface area contributed by atoms with Crippen LogP contribution in [0.15, 0.2) is 12.3 Å². The number of rotatable bonds is 2. The standard InChI is InChI=1S/C23H34N2O2/c1-21(2)13-15(14-22(21,3)4)16-10-11-24-19-18(16)23(5,6)20(26)25(19)17-9-7-8-12-27-17/h10-11,15,17H,7-9,12-14H2,1-6H3. The van der Waals surface area contributed by atoms with E-state index < -0.39 is 5.41 Å². The van der Waals surface area contributed by atoms with Crippen LogP contribution in [0.2, 0.25) is 0 Å². The molecule has 1 aromatic rings. The molecule has 4 heteroatoms. The molecule has 1 aliphatic carbocycles. The highest BCUT2D eigenvalue weighted by Gasteiger charge is 2.52. The second-order valence-electron chi connectivity index (χ2n) is 10.6. The summed E-state index contributed by atoms with van der Waals surface area (Å²) in [6.45, 7) is 14.4. The molecule has 0 aromatic carbocycles. The molecule has 1 saturated heterocycles. The lowest BCUT2D eigenvalue weighted by Gasteiger charge is -2.34. The third kappa shape index (κ3) is 2.74. The van der Waals surface area contributed by atoms with Crippen molar-refractivity contribution in [2.45, 2.75) is 91.2 Å². The molecule has 0 spiro atoms. The van der Waals surface area contributed by atoms with Gasteiger partial charge in [0.05, 0.1) is 5.41 Å². The van der Waals surface area contributed by atoms with Crippen LogP contribution in [-0.4, -0.2) is 23.7 Å². The van der Waals surface area contributed by atoms with Crippen molar-refractivity contribution in [3.63, 3.8) is 0 Å². The Morgan fingerprint density at radius 3 is 2.33 bits per heavy atom. The highest BCUT2D eigenvalue weighted by molar-refractivity contribution is 6.07. The summed E-state index contributed by atoms with van der Waals surface area (Å²) in [5, 5.41) is 0. The smallest absolute Gasteiger partial charge is 0.240 e. The lowest BCUT2D eigenvalue weighted by atomic mass is 9.71. The number of fused-ring (bicyclic) bond motifs is 1. The van der Waals surface area contributed by atoms with E-state index in [1.54, 1.807) is 0 Å². The summed E-state index contributed by atoms with van der Waals surface area (Å²) in [5.74, 6) is 1.46. The number of aromatic nitrogens is 1. The molecule has 4 nitrogen and oxygen atoms in total. The molecular formula is C23H34N2O2. The van der Waals surface area contributed by atoms with Crippen molar-refractivity contribution in [3.8, 4) is 0 Å². The molecule has 2 aliphatic heterocycles. The molecule has 0 bridgehead atoms. The van der Waals surface area contributed by atoms with E-state index >= 15 is 0 Å². The van der Waals surface area contributed by atoms with Crippen molar-refractivity contribution in [2.75, 3.05) is 11.5 Å². The summed E-state index contributed by atoms with van der Waals surface area (Å²) in [6, 6.07) is 2.17. The summed E-state index contributed by atoms with van der Waals surface area (Å²) in [5.41, 5.74) is 2.49. The molecule has 3 heterocycles. The fourth-order valence-corrected chi connectivity index (χ4v) is 5.40. The average molecular weight is 371 g/mol. The maximum Gasteiger partial charge on any atom is 0.240 e. The van der Waals surface area contributed by atoms with Crippen molar-refractivity contribution in [3.05, 3.63) is 23.4 Å². The molecule has 0 radical (unpaired) electrons. The quantitative estimate of drug-likeness (QED) is 0.722. The van der Waals surface area contributed by atoms with Gasteiger partial charge >= 0.3 is 0 Å². The largest absolute Gasteiger partial charge is 0.358 e. The number of nitrogens with zero attached hydrogens (tertiary/aromatic N) is 2.